The van der Waals surface area contributed by atoms with Crippen LogP contribution in [0.25, 0.3) is 5.57 Å². The second-order valence-corrected chi connectivity index (χ2v) is 5.95. The van der Waals surface area contributed by atoms with Gasteiger partial charge in [0.25, 0.3) is 0 Å². The van der Waals surface area contributed by atoms with Gasteiger partial charge in [-0.3, -0.25) is 10.00 Å². The highest BCUT2D eigenvalue weighted by Gasteiger charge is 2.19. The number of amides is 2. The van der Waals surface area contributed by atoms with E-state index in [1.54, 1.807) is 4.68 Å². The lowest BCUT2D eigenvalue weighted by molar-refractivity contribution is 0.262. The molecule has 3 aromatic rings. The number of rotatable bonds is 4. The summed E-state index contributed by atoms with van der Waals surface area (Å²) in [5.74, 6) is 0.660. The van der Waals surface area contributed by atoms with Crippen LogP contribution in [0.4, 0.5) is 16.3 Å². The molecule has 2 N–H and O–H groups in total. The van der Waals surface area contributed by atoms with Crippen LogP contribution in [0.15, 0.2) is 66.7 Å². The van der Waals surface area contributed by atoms with E-state index in [4.69, 9.17) is 0 Å². The fourth-order valence-corrected chi connectivity index (χ4v) is 2.99. The first-order chi connectivity index (χ1) is 12.6. The minimum absolute atomic E-state index is 0.302. The van der Waals surface area contributed by atoms with E-state index in [9.17, 15) is 4.79 Å². The molecule has 0 spiro atoms. The van der Waals surface area contributed by atoms with Gasteiger partial charge in [0.2, 0.25) is 0 Å². The highest BCUT2D eigenvalue weighted by molar-refractivity contribution is 6.01. The first-order valence-electron chi connectivity index (χ1n) is 8.49. The van der Waals surface area contributed by atoms with Crippen LogP contribution in [0.2, 0.25) is 0 Å². The van der Waals surface area contributed by atoms with Crippen LogP contribution < -0.4 is 10.6 Å². The maximum absolute atomic E-state index is 12.5. The zero-order valence-electron chi connectivity index (χ0n) is 15.2. The Morgan fingerprint density at radius 3 is 2.23 bits per heavy atom. The summed E-state index contributed by atoms with van der Waals surface area (Å²) in [6, 6.07) is 19.1. The number of anilines is 2. The number of aromatic nitrogens is 2. The highest BCUT2D eigenvalue weighted by atomic mass is 16.2. The van der Waals surface area contributed by atoms with Crippen molar-refractivity contribution >= 4 is 23.1 Å². The number of carbonyl (C=O) groups excluding carboxylic acids is 1. The van der Waals surface area contributed by atoms with Crippen molar-refractivity contribution in [1.29, 1.82) is 0 Å². The molecular formula is C21H22N4O. The van der Waals surface area contributed by atoms with Crippen LogP contribution >= 0.6 is 0 Å². The molecule has 132 valence electrons. The van der Waals surface area contributed by atoms with Crippen molar-refractivity contribution < 1.29 is 4.79 Å². The lowest BCUT2D eigenvalue weighted by Gasteiger charge is -2.13. The molecule has 3 rings (SSSR count). The van der Waals surface area contributed by atoms with Gasteiger partial charge in [-0.1, -0.05) is 54.6 Å². The molecular weight excluding hydrogens is 324 g/mol. The standard InChI is InChI=1S/C21H22N4O/c1-4-18(16-11-7-5-8-12-16)19-15(2)24-25(3)20(19)23-21(26)22-17-13-9-6-10-14-17/h4-14H,1-3H3,(H2,22,23,26). The quantitative estimate of drug-likeness (QED) is 0.711. The molecule has 0 bridgehead atoms. The molecule has 2 amide bonds. The third kappa shape index (κ3) is 3.67. The Morgan fingerprint density at radius 1 is 1.00 bits per heavy atom. The second-order valence-electron chi connectivity index (χ2n) is 5.95. The Balaban J connectivity index is 1.92. The molecule has 5 heteroatoms. The molecule has 0 fully saturated rings. The van der Waals surface area contributed by atoms with Crippen LogP contribution in [0.1, 0.15) is 23.7 Å². The van der Waals surface area contributed by atoms with Crippen LogP contribution in [0, 0.1) is 6.92 Å². The Hall–Kier alpha value is -3.34. The van der Waals surface area contributed by atoms with Crippen molar-refractivity contribution in [3.8, 4) is 0 Å². The average molecular weight is 346 g/mol. The van der Waals surface area contributed by atoms with E-state index in [1.807, 2.05) is 75.5 Å². The van der Waals surface area contributed by atoms with Gasteiger partial charge in [-0.15, -0.1) is 0 Å². The number of benzene rings is 2. The molecule has 0 radical (unpaired) electrons. The molecule has 26 heavy (non-hydrogen) atoms. The van der Waals surface area contributed by atoms with Crippen molar-refractivity contribution in [3.05, 3.63) is 83.6 Å². The number of nitrogens with zero attached hydrogens (tertiary/aromatic N) is 2. The molecule has 2 aromatic carbocycles. The third-order valence-corrected chi connectivity index (χ3v) is 4.13. The SMILES string of the molecule is CC=C(c1ccccc1)c1c(C)nn(C)c1NC(=O)Nc1ccccc1. The minimum Gasteiger partial charge on any atom is -0.308 e. The Kier molecular flexibility index (Phi) is 5.17. The molecule has 0 saturated carbocycles. The molecule has 0 aliphatic heterocycles. The van der Waals surface area contributed by atoms with Gasteiger partial charge < -0.3 is 5.32 Å². The molecule has 1 heterocycles. The predicted octanol–water partition coefficient (Wildman–Crippen LogP) is 4.82. The number of nitrogens with one attached hydrogen (secondary N) is 2. The van der Waals surface area contributed by atoms with Gasteiger partial charge in [0, 0.05) is 18.3 Å². The maximum atomic E-state index is 12.5. The summed E-state index contributed by atoms with van der Waals surface area (Å²) in [5.41, 5.74) is 4.63. The van der Waals surface area contributed by atoms with Gasteiger partial charge >= 0.3 is 6.03 Å². The monoisotopic (exact) mass is 346 g/mol. The largest absolute Gasteiger partial charge is 0.324 e. The lowest BCUT2D eigenvalue weighted by atomic mass is 9.97. The molecule has 0 aliphatic carbocycles. The fraction of sp³-hybridized carbons (Fsp3) is 0.143. The minimum atomic E-state index is -0.302. The van der Waals surface area contributed by atoms with Crippen molar-refractivity contribution in [3.63, 3.8) is 0 Å². The fourth-order valence-electron chi connectivity index (χ4n) is 2.99. The van der Waals surface area contributed by atoms with Crippen LogP contribution in [-0.4, -0.2) is 15.8 Å². The Labute approximate surface area is 153 Å². The summed E-state index contributed by atoms with van der Waals surface area (Å²) in [5, 5.41) is 10.3. The van der Waals surface area contributed by atoms with Crippen molar-refractivity contribution in [2.75, 3.05) is 10.6 Å². The normalized spacial score (nSPS) is 11.3. The van der Waals surface area contributed by atoms with Crippen molar-refractivity contribution in [2.24, 2.45) is 7.05 Å². The summed E-state index contributed by atoms with van der Waals surface area (Å²) in [7, 11) is 1.83. The third-order valence-electron chi connectivity index (χ3n) is 4.13. The molecule has 5 nitrogen and oxygen atoms in total. The summed E-state index contributed by atoms with van der Waals surface area (Å²) < 4.78 is 1.70. The van der Waals surface area contributed by atoms with Gasteiger partial charge in [-0.2, -0.15) is 5.10 Å². The molecule has 0 saturated heterocycles. The number of para-hydroxylation sites is 1. The molecule has 0 aliphatic rings. The summed E-state index contributed by atoms with van der Waals surface area (Å²) in [6.07, 6.45) is 2.04. The van der Waals surface area contributed by atoms with Crippen LogP contribution in [0.5, 0.6) is 0 Å². The number of carbonyl (C=O) groups is 1. The highest BCUT2D eigenvalue weighted by Crippen LogP contribution is 2.32. The van der Waals surface area contributed by atoms with Crippen molar-refractivity contribution in [1.82, 2.24) is 9.78 Å². The molecule has 1 aromatic heterocycles. The first-order valence-corrected chi connectivity index (χ1v) is 8.49. The van der Waals surface area contributed by atoms with Crippen LogP contribution in [0.3, 0.4) is 0 Å². The van der Waals surface area contributed by atoms with E-state index in [2.05, 4.69) is 27.9 Å². The summed E-state index contributed by atoms with van der Waals surface area (Å²) in [4.78, 5) is 12.5. The lowest BCUT2D eigenvalue weighted by Crippen LogP contribution is -2.21. The number of hydrogen-bond acceptors (Lipinski definition) is 2. The van der Waals surface area contributed by atoms with E-state index in [-0.39, 0.29) is 6.03 Å². The Bertz CT molecular complexity index is 927. The van der Waals surface area contributed by atoms with Gasteiger partial charge in [0.1, 0.15) is 5.82 Å². The van der Waals surface area contributed by atoms with Gasteiger partial charge in [-0.05, 0) is 37.1 Å². The van der Waals surface area contributed by atoms with Crippen LogP contribution in [-0.2, 0) is 7.05 Å². The van der Waals surface area contributed by atoms with E-state index < -0.39 is 0 Å². The number of hydrogen-bond donors (Lipinski definition) is 2. The zero-order valence-corrected chi connectivity index (χ0v) is 15.2. The van der Waals surface area contributed by atoms with E-state index in [0.29, 0.717) is 5.82 Å². The molecule has 0 atom stereocenters. The number of urea groups is 1. The second kappa shape index (κ2) is 7.70. The smallest absolute Gasteiger partial charge is 0.308 e. The maximum Gasteiger partial charge on any atom is 0.324 e. The Morgan fingerprint density at radius 2 is 1.62 bits per heavy atom. The average Bonchev–Trinajstić information content (AvgIpc) is 2.91. The summed E-state index contributed by atoms with van der Waals surface area (Å²) in [6.45, 7) is 3.94. The zero-order chi connectivity index (χ0) is 18.5. The number of aryl methyl sites for hydroxylation is 2. The van der Waals surface area contributed by atoms with Gasteiger partial charge in [0.05, 0.1) is 5.69 Å². The van der Waals surface area contributed by atoms with E-state index in [0.717, 1.165) is 28.1 Å². The predicted molar refractivity (Wildman–Crippen MR) is 106 cm³/mol. The van der Waals surface area contributed by atoms with E-state index in [1.165, 1.54) is 0 Å². The van der Waals surface area contributed by atoms with E-state index >= 15 is 0 Å². The number of allylic oxidation sites excluding steroid dienone is 1. The van der Waals surface area contributed by atoms with Gasteiger partial charge in [0.15, 0.2) is 0 Å². The topological polar surface area (TPSA) is 59.0 Å². The van der Waals surface area contributed by atoms with Crippen molar-refractivity contribution in [2.45, 2.75) is 13.8 Å². The van der Waals surface area contributed by atoms with Gasteiger partial charge in [-0.25, -0.2) is 4.79 Å². The summed E-state index contributed by atoms with van der Waals surface area (Å²) >= 11 is 0. The molecule has 0 unspecified atom stereocenters. The first kappa shape index (κ1) is 17.5.